The molecule has 0 saturated heterocycles. The van der Waals surface area contributed by atoms with Crippen molar-refractivity contribution in [1.82, 2.24) is 5.32 Å². The van der Waals surface area contributed by atoms with E-state index in [9.17, 15) is 9.90 Å². The third-order valence-electron chi connectivity index (χ3n) is 14.4. The third-order valence-corrected chi connectivity index (χ3v) is 14.4. The highest BCUT2D eigenvalue weighted by Gasteiger charge is 2.60. The molecule has 53 heavy (non-hydrogen) atoms. The highest BCUT2D eigenvalue weighted by molar-refractivity contribution is 5.67. The maximum Gasteiger partial charge on any atom is 0.407 e. The number of carbonyl (C=O) groups is 1. The third kappa shape index (κ3) is 7.33. The average molecular weight is 724 g/mol. The highest BCUT2D eigenvalue weighted by atomic mass is 16.6. The lowest BCUT2D eigenvalue weighted by Gasteiger charge is -2.60. The summed E-state index contributed by atoms with van der Waals surface area (Å²) in [4.78, 5) is 13.2. The van der Waals surface area contributed by atoms with Crippen LogP contribution in [-0.4, -0.2) is 50.8 Å². The van der Waals surface area contributed by atoms with Gasteiger partial charge in [-0.3, -0.25) is 0 Å². The number of methoxy groups -OCH3 is 2. The van der Waals surface area contributed by atoms with Gasteiger partial charge in [0.05, 0.1) is 26.9 Å². The van der Waals surface area contributed by atoms with Gasteiger partial charge in [-0.15, -0.1) is 0 Å². The molecule has 286 valence electrons. The van der Waals surface area contributed by atoms with Gasteiger partial charge in [-0.2, -0.15) is 0 Å². The molecule has 0 bridgehead atoms. The van der Waals surface area contributed by atoms with Crippen molar-refractivity contribution >= 4 is 6.09 Å². The number of aliphatic hydroxyl groups excluding tert-OH is 1. The molecule has 7 nitrogen and oxygen atoms in total. The standard InChI is InChI=1S/C46H61NO6/c1-44-28-9-8-10-32(44)17-22-39-40-23-24-42(45(40,2)29-25-41(39)44)53-43(49)47-30-26-36(48)27-31-52-46(33-11-6-5-7-12-33,34-13-18-37(50-3)19-14-34)35-15-20-38(51-4)21-16-35/h5-7,11-16,18-21,32,36,39-42,48H,8-10,17,22-31H2,1-4H3,(H,47,49)/t32?,36?,39?,40?,41?,42-,44-,45?/m0/s1. The Morgan fingerprint density at radius 2 is 1.40 bits per heavy atom. The van der Waals surface area contributed by atoms with Gasteiger partial charge in [-0.1, -0.05) is 81.3 Å². The van der Waals surface area contributed by atoms with E-state index in [1.165, 1.54) is 51.4 Å². The second-order valence-electron chi connectivity index (χ2n) is 16.9. The first-order chi connectivity index (χ1) is 25.7. The summed E-state index contributed by atoms with van der Waals surface area (Å²) < 4.78 is 24.0. The fraction of sp³-hybridized carbons (Fsp3) is 0.587. The second-order valence-corrected chi connectivity index (χ2v) is 16.9. The summed E-state index contributed by atoms with van der Waals surface area (Å²) >= 11 is 0. The zero-order chi connectivity index (χ0) is 37.1. The van der Waals surface area contributed by atoms with Crippen molar-refractivity contribution in [2.75, 3.05) is 27.4 Å². The summed E-state index contributed by atoms with van der Waals surface area (Å²) in [5, 5.41) is 14.1. The predicted molar refractivity (Wildman–Crippen MR) is 208 cm³/mol. The normalized spacial score (nSPS) is 29.9. The van der Waals surface area contributed by atoms with E-state index in [2.05, 4.69) is 31.3 Å². The van der Waals surface area contributed by atoms with E-state index in [1.54, 1.807) is 14.2 Å². The Morgan fingerprint density at radius 1 is 0.755 bits per heavy atom. The highest BCUT2D eigenvalue weighted by Crippen LogP contribution is 2.66. The first kappa shape index (κ1) is 37.8. The minimum absolute atomic E-state index is 0.0364. The SMILES string of the molecule is COc1ccc(C(OCCC(O)CCNC(=O)O[C@H]2CCC3C4CCC5CCCC[C@]5(C)C4CCC32C)(c2ccccc2)c2ccc(OC)cc2)cc1. The van der Waals surface area contributed by atoms with Gasteiger partial charge < -0.3 is 29.4 Å². The Bertz CT molecular complexity index is 1600. The smallest absolute Gasteiger partial charge is 0.407 e. The van der Waals surface area contributed by atoms with Crippen LogP contribution in [0, 0.1) is 34.5 Å². The second kappa shape index (κ2) is 16.0. The Kier molecular flexibility index (Phi) is 11.4. The number of hydrogen-bond acceptors (Lipinski definition) is 6. The van der Waals surface area contributed by atoms with Crippen LogP contribution < -0.4 is 14.8 Å². The number of nitrogens with one attached hydrogen (secondary N) is 1. The molecule has 0 aromatic heterocycles. The van der Waals surface area contributed by atoms with Crippen molar-refractivity contribution < 1.29 is 28.8 Å². The number of carbonyl (C=O) groups excluding carboxylic acids is 1. The van der Waals surface area contributed by atoms with Gasteiger partial charge >= 0.3 is 6.09 Å². The molecule has 4 aliphatic carbocycles. The van der Waals surface area contributed by atoms with Crippen molar-refractivity contribution in [3.8, 4) is 11.5 Å². The van der Waals surface area contributed by atoms with Crippen molar-refractivity contribution in [1.29, 1.82) is 0 Å². The lowest BCUT2D eigenvalue weighted by atomic mass is 9.45. The molecule has 3 aromatic rings. The molecular weight excluding hydrogens is 663 g/mol. The van der Waals surface area contributed by atoms with E-state index in [4.69, 9.17) is 18.9 Å². The molecule has 7 heteroatoms. The maximum absolute atomic E-state index is 13.2. The summed E-state index contributed by atoms with van der Waals surface area (Å²) in [5.41, 5.74) is 2.50. The molecule has 6 unspecified atom stereocenters. The maximum atomic E-state index is 13.2. The molecule has 3 aromatic carbocycles. The molecule has 0 spiro atoms. The van der Waals surface area contributed by atoms with Crippen molar-refractivity contribution in [3.63, 3.8) is 0 Å². The number of hydrogen-bond donors (Lipinski definition) is 2. The topological polar surface area (TPSA) is 86.2 Å². The van der Waals surface area contributed by atoms with Crippen LogP contribution in [0.15, 0.2) is 78.9 Å². The number of alkyl carbamates (subject to hydrolysis) is 1. The minimum atomic E-state index is -0.941. The molecule has 8 atom stereocenters. The molecule has 7 rings (SSSR count). The largest absolute Gasteiger partial charge is 0.497 e. The number of benzene rings is 3. The molecule has 4 fully saturated rings. The fourth-order valence-electron chi connectivity index (χ4n) is 11.5. The van der Waals surface area contributed by atoms with Crippen LogP contribution in [0.5, 0.6) is 11.5 Å². The Morgan fingerprint density at radius 3 is 2.06 bits per heavy atom. The van der Waals surface area contributed by atoms with E-state index in [0.29, 0.717) is 37.3 Å². The zero-order valence-electron chi connectivity index (χ0n) is 32.4. The average Bonchev–Trinajstić information content (AvgIpc) is 3.52. The fourth-order valence-corrected chi connectivity index (χ4v) is 11.5. The van der Waals surface area contributed by atoms with Crippen LogP contribution in [0.3, 0.4) is 0 Å². The van der Waals surface area contributed by atoms with Crippen LogP contribution in [-0.2, 0) is 15.1 Å². The van der Waals surface area contributed by atoms with Gasteiger partial charge in [-0.25, -0.2) is 4.79 Å². The van der Waals surface area contributed by atoms with E-state index in [1.807, 2.05) is 66.7 Å². The van der Waals surface area contributed by atoms with Crippen molar-refractivity contribution in [2.24, 2.45) is 34.5 Å². The Balaban J connectivity index is 0.949. The van der Waals surface area contributed by atoms with E-state index < -0.39 is 11.7 Å². The van der Waals surface area contributed by atoms with Gasteiger partial charge in [-0.05, 0) is 134 Å². The zero-order valence-corrected chi connectivity index (χ0v) is 32.4. The number of rotatable bonds is 13. The van der Waals surface area contributed by atoms with Crippen LogP contribution in [0.25, 0.3) is 0 Å². The van der Waals surface area contributed by atoms with Crippen LogP contribution >= 0.6 is 0 Å². The monoisotopic (exact) mass is 723 g/mol. The number of ether oxygens (including phenoxy) is 4. The number of aliphatic hydroxyl groups is 1. The first-order valence-electron chi connectivity index (χ1n) is 20.3. The lowest BCUT2D eigenvalue weighted by Crippen LogP contribution is -2.53. The number of fused-ring (bicyclic) bond motifs is 5. The van der Waals surface area contributed by atoms with Gasteiger partial charge in [0.15, 0.2) is 0 Å². The van der Waals surface area contributed by atoms with Gasteiger partial charge in [0.1, 0.15) is 23.2 Å². The lowest BCUT2D eigenvalue weighted by molar-refractivity contribution is -0.121. The molecular formula is C46H61NO6. The van der Waals surface area contributed by atoms with Crippen LogP contribution in [0.1, 0.15) is 108 Å². The molecule has 4 aliphatic rings. The number of amides is 1. The summed E-state index contributed by atoms with van der Waals surface area (Å²) in [6.07, 6.45) is 12.7. The summed E-state index contributed by atoms with van der Waals surface area (Å²) in [6, 6.07) is 26.1. The predicted octanol–water partition coefficient (Wildman–Crippen LogP) is 9.68. The molecule has 0 aliphatic heterocycles. The summed E-state index contributed by atoms with van der Waals surface area (Å²) in [5.74, 6) is 4.70. The molecule has 1 amide bonds. The molecule has 4 saturated carbocycles. The molecule has 0 heterocycles. The van der Waals surface area contributed by atoms with Gasteiger partial charge in [0.25, 0.3) is 0 Å². The Hall–Kier alpha value is -3.55. The van der Waals surface area contributed by atoms with E-state index in [-0.39, 0.29) is 17.6 Å². The quantitative estimate of drug-likeness (QED) is 0.171. The van der Waals surface area contributed by atoms with Crippen LogP contribution in [0.2, 0.25) is 0 Å². The van der Waals surface area contributed by atoms with Gasteiger partial charge in [0, 0.05) is 12.0 Å². The summed E-state index contributed by atoms with van der Waals surface area (Å²) in [6.45, 7) is 5.67. The first-order valence-corrected chi connectivity index (χ1v) is 20.3. The van der Waals surface area contributed by atoms with Crippen molar-refractivity contribution in [3.05, 3.63) is 95.6 Å². The van der Waals surface area contributed by atoms with E-state index >= 15 is 0 Å². The summed E-state index contributed by atoms with van der Waals surface area (Å²) in [7, 11) is 3.32. The minimum Gasteiger partial charge on any atom is -0.497 e. The van der Waals surface area contributed by atoms with Gasteiger partial charge in [0.2, 0.25) is 0 Å². The molecule has 0 radical (unpaired) electrons. The van der Waals surface area contributed by atoms with Crippen LogP contribution in [0.4, 0.5) is 4.79 Å². The Labute approximate surface area is 317 Å². The molecule has 2 N–H and O–H groups in total. The van der Waals surface area contributed by atoms with E-state index in [0.717, 1.165) is 58.8 Å². The van der Waals surface area contributed by atoms with Crippen molar-refractivity contribution in [2.45, 2.75) is 109 Å².